The van der Waals surface area contributed by atoms with Gasteiger partial charge in [-0.15, -0.1) is 0 Å². The van der Waals surface area contributed by atoms with E-state index >= 15 is 0 Å². The van der Waals surface area contributed by atoms with Crippen LogP contribution in [0, 0.1) is 10.1 Å². The van der Waals surface area contributed by atoms with Gasteiger partial charge in [-0.25, -0.2) is 4.79 Å². The second kappa shape index (κ2) is 5.44. The van der Waals surface area contributed by atoms with Gasteiger partial charge in [0.15, 0.2) is 0 Å². The number of carbonyl (C=O) groups is 1. The number of nitro groups is 1. The Labute approximate surface area is 126 Å². The average molecular weight is 259 g/mol. The van der Waals surface area contributed by atoms with Gasteiger partial charge in [0.1, 0.15) is 5.56 Å². The first-order valence-electron chi connectivity index (χ1n) is 4.50. The Balaban J connectivity index is 0.00000144. The molecule has 0 saturated heterocycles. The number of nitrogens with zero attached hydrogens (tertiary/aromatic N) is 1. The van der Waals surface area contributed by atoms with Crippen LogP contribution in [0.3, 0.4) is 0 Å². The molecule has 0 fully saturated rings. The second-order valence-corrected chi connectivity index (χ2v) is 3.24. The molecule has 0 aliphatic rings. The van der Waals surface area contributed by atoms with Crippen molar-refractivity contribution in [1.82, 2.24) is 0 Å². The van der Waals surface area contributed by atoms with Crippen molar-refractivity contribution in [3.05, 3.63) is 52.1 Å². The predicted octanol–water partition coefficient (Wildman–Crippen LogP) is 1.53. The molecule has 0 bridgehead atoms. The molecule has 2 rings (SSSR count). The Morgan fingerprint density at radius 3 is 2.41 bits per heavy atom. The number of rotatable bonds is 2. The van der Waals surface area contributed by atoms with E-state index in [-0.39, 0.29) is 49.0 Å². The third kappa shape index (κ3) is 2.57. The number of benzene rings is 2. The van der Waals surface area contributed by atoms with Crippen LogP contribution >= 0.6 is 0 Å². The van der Waals surface area contributed by atoms with E-state index in [0.717, 1.165) is 0 Å². The summed E-state index contributed by atoms with van der Waals surface area (Å²) in [5.41, 5.74) is -0.644. The quantitative estimate of drug-likeness (QED) is 0.504. The topological polar surface area (TPSA) is 80.4 Å². The Bertz CT molecular complexity index is 597. The van der Waals surface area contributed by atoms with Gasteiger partial charge < -0.3 is 5.11 Å². The van der Waals surface area contributed by atoms with Crippen LogP contribution in [0.2, 0.25) is 0 Å². The first-order chi connectivity index (χ1) is 7.61. The predicted molar refractivity (Wildman–Crippen MR) is 66.1 cm³/mol. The van der Waals surface area contributed by atoms with Crippen molar-refractivity contribution < 1.29 is 14.8 Å². The van der Waals surface area contributed by atoms with Gasteiger partial charge in [0.2, 0.25) is 0 Å². The fraction of sp³-hybridized carbons (Fsp3) is 0. The van der Waals surface area contributed by atoms with E-state index < -0.39 is 10.9 Å². The van der Waals surface area contributed by atoms with Crippen molar-refractivity contribution in [3.8, 4) is 0 Å². The number of nitro benzene ring substituents is 1. The number of carboxylic acids is 1. The van der Waals surface area contributed by atoms with Crippen LogP contribution in [0.1, 0.15) is 10.4 Å². The summed E-state index contributed by atoms with van der Waals surface area (Å²) in [5.74, 6) is -1.29. The van der Waals surface area contributed by atoms with Crippen molar-refractivity contribution in [2.45, 2.75) is 0 Å². The van der Waals surface area contributed by atoms with Gasteiger partial charge in [0.25, 0.3) is 5.69 Å². The van der Waals surface area contributed by atoms with Crippen molar-refractivity contribution in [2.24, 2.45) is 0 Å². The van der Waals surface area contributed by atoms with E-state index in [4.69, 9.17) is 5.11 Å². The molecule has 6 heteroatoms. The zero-order valence-corrected chi connectivity index (χ0v) is 8.08. The summed E-state index contributed by atoms with van der Waals surface area (Å²) in [5, 5.41) is 20.8. The van der Waals surface area contributed by atoms with E-state index in [0.29, 0.717) is 10.8 Å². The summed E-state index contributed by atoms with van der Waals surface area (Å²) in [7, 11) is 0. The first kappa shape index (κ1) is 13.9. The molecule has 0 aliphatic heterocycles. The fourth-order valence-electron chi connectivity index (χ4n) is 1.64. The molecule has 17 heavy (non-hydrogen) atoms. The van der Waals surface area contributed by atoms with Gasteiger partial charge in [-0.1, -0.05) is 24.3 Å². The monoisotopic (exact) mass is 259 g/mol. The third-order valence-electron chi connectivity index (χ3n) is 2.32. The molecule has 1 N–H and O–H groups in total. The van der Waals surface area contributed by atoms with E-state index in [2.05, 4.69) is 0 Å². The van der Waals surface area contributed by atoms with Crippen molar-refractivity contribution in [3.63, 3.8) is 0 Å². The third-order valence-corrected chi connectivity index (χ3v) is 2.32. The molecule has 0 spiro atoms. The van der Waals surface area contributed by atoms with Gasteiger partial charge in [0.05, 0.1) is 4.92 Å². The summed E-state index contributed by atoms with van der Waals surface area (Å²) in [6, 6.07) is 9.43. The van der Waals surface area contributed by atoms with Crippen LogP contribution in [0.25, 0.3) is 10.8 Å². The van der Waals surface area contributed by atoms with E-state index in [1.165, 1.54) is 6.07 Å². The van der Waals surface area contributed by atoms with Crippen molar-refractivity contribution in [1.29, 1.82) is 0 Å². The molecule has 0 amide bonds. The second-order valence-electron chi connectivity index (χ2n) is 3.24. The number of fused-ring (bicyclic) bond motifs is 1. The fourth-order valence-corrected chi connectivity index (χ4v) is 1.64. The van der Waals surface area contributed by atoms with Crippen LogP contribution in [-0.4, -0.2) is 53.7 Å². The molecule has 84 valence electrons. The van der Waals surface area contributed by atoms with Gasteiger partial charge in [0, 0.05) is 11.5 Å². The van der Waals surface area contributed by atoms with E-state index in [1.54, 1.807) is 30.3 Å². The first-order valence-corrected chi connectivity index (χ1v) is 4.50. The van der Waals surface area contributed by atoms with Gasteiger partial charge in [-0.05, 0) is 11.5 Å². The minimum atomic E-state index is -1.29. The zero-order valence-electron chi connectivity index (χ0n) is 8.08. The number of hydrogen-bond acceptors (Lipinski definition) is 3. The summed E-state index contributed by atoms with van der Waals surface area (Å²) < 4.78 is 0. The van der Waals surface area contributed by atoms with E-state index in [9.17, 15) is 14.9 Å². The molecule has 2 aromatic rings. The normalized spacial score (nSPS) is 9.65. The summed E-state index contributed by atoms with van der Waals surface area (Å²) in [6.07, 6.45) is 0. The Hall–Kier alpha value is -1.17. The number of aromatic carboxylic acids is 1. The molecule has 0 heterocycles. The van der Waals surface area contributed by atoms with Gasteiger partial charge >= 0.3 is 43.7 Å². The molecular formula is C11H9CaNO4. The van der Waals surface area contributed by atoms with Crippen molar-refractivity contribution >= 4 is 60.2 Å². The van der Waals surface area contributed by atoms with E-state index in [1.807, 2.05) is 0 Å². The summed E-state index contributed by atoms with van der Waals surface area (Å²) >= 11 is 0. The van der Waals surface area contributed by atoms with Gasteiger partial charge in [-0.3, -0.25) is 10.1 Å². The van der Waals surface area contributed by atoms with Crippen LogP contribution in [0.5, 0.6) is 0 Å². The zero-order chi connectivity index (χ0) is 11.7. The Kier molecular flexibility index (Phi) is 4.45. The molecule has 2 aromatic carbocycles. The van der Waals surface area contributed by atoms with Crippen LogP contribution in [0.15, 0.2) is 36.4 Å². The molecule has 0 aliphatic carbocycles. The number of hydrogen-bond donors (Lipinski definition) is 1. The summed E-state index contributed by atoms with van der Waals surface area (Å²) in [6.45, 7) is 0. The maximum absolute atomic E-state index is 11.0. The van der Waals surface area contributed by atoms with Gasteiger partial charge in [-0.2, -0.15) is 0 Å². The SMILES string of the molecule is O=C(O)c1c([N+](=O)[O-])ccc2ccccc12.[CaH2]. The Morgan fingerprint density at radius 1 is 1.18 bits per heavy atom. The molecule has 0 unspecified atom stereocenters. The molecule has 0 atom stereocenters. The summed E-state index contributed by atoms with van der Waals surface area (Å²) in [4.78, 5) is 21.1. The maximum atomic E-state index is 11.0. The van der Waals surface area contributed by atoms with Crippen molar-refractivity contribution in [2.75, 3.05) is 0 Å². The van der Waals surface area contributed by atoms with Crippen LogP contribution in [0.4, 0.5) is 5.69 Å². The molecule has 0 saturated carbocycles. The standard InChI is InChI=1S/C11H7NO4.Ca.2H/c13-11(14)10-8-4-2-1-3-7(8)5-6-9(10)12(15)16;;;/h1-6H,(H,13,14);;;. The Morgan fingerprint density at radius 2 is 1.82 bits per heavy atom. The molecule has 5 nitrogen and oxygen atoms in total. The average Bonchev–Trinajstić information content (AvgIpc) is 2.27. The van der Waals surface area contributed by atoms with Crippen LogP contribution < -0.4 is 0 Å². The molecule has 0 radical (unpaired) electrons. The van der Waals surface area contributed by atoms with Crippen LogP contribution in [-0.2, 0) is 0 Å². The molecule has 0 aromatic heterocycles. The number of carboxylic acid groups (broad SMARTS) is 1. The molecular weight excluding hydrogens is 250 g/mol. The minimum absolute atomic E-state index is 0.